The Bertz CT molecular complexity index is 1060. The third-order valence-corrected chi connectivity index (χ3v) is 4.87. The molecular formula is C21H22BrN3O4. The van der Waals surface area contributed by atoms with Crippen LogP contribution in [0.25, 0.3) is 10.9 Å². The van der Waals surface area contributed by atoms with Crippen LogP contribution in [-0.2, 0) is 11.3 Å². The van der Waals surface area contributed by atoms with E-state index in [1.54, 1.807) is 29.9 Å². The number of azo groups is 1. The van der Waals surface area contributed by atoms with Crippen LogP contribution in [0.5, 0.6) is 17.4 Å². The van der Waals surface area contributed by atoms with Gasteiger partial charge in [-0.3, -0.25) is 4.79 Å². The Morgan fingerprint density at radius 3 is 2.69 bits per heavy atom. The number of para-hydroxylation sites is 1. The number of rotatable bonds is 7. The molecule has 1 amide bonds. The molecule has 2 aromatic carbocycles. The second-order valence-electron chi connectivity index (χ2n) is 6.87. The van der Waals surface area contributed by atoms with Crippen LogP contribution in [0.1, 0.15) is 13.8 Å². The van der Waals surface area contributed by atoms with E-state index in [-0.39, 0.29) is 18.2 Å². The van der Waals surface area contributed by atoms with Crippen molar-refractivity contribution in [3.05, 3.63) is 46.9 Å². The number of ether oxygens (including phenoxy) is 2. The summed E-state index contributed by atoms with van der Waals surface area (Å²) >= 11 is 3.36. The number of halogens is 1. The first-order chi connectivity index (χ1) is 13.9. The molecule has 0 unspecified atom stereocenters. The van der Waals surface area contributed by atoms with Crippen molar-refractivity contribution >= 4 is 38.4 Å². The Labute approximate surface area is 177 Å². The number of aromatic hydroxyl groups is 1. The van der Waals surface area contributed by atoms with Gasteiger partial charge in [-0.2, -0.15) is 0 Å². The van der Waals surface area contributed by atoms with Crippen molar-refractivity contribution in [2.24, 2.45) is 16.1 Å². The molecule has 152 valence electrons. The molecule has 0 fully saturated rings. The quantitative estimate of drug-likeness (QED) is 0.475. The fourth-order valence-corrected chi connectivity index (χ4v) is 3.31. The van der Waals surface area contributed by atoms with E-state index in [2.05, 4.69) is 40.0 Å². The molecule has 8 heteroatoms. The van der Waals surface area contributed by atoms with Gasteiger partial charge in [-0.25, -0.2) is 0 Å². The second kappa shape index (κ2) is 9.09. The molecule has 0 atom stereocenters. The lowest BCUT2D eigenvalue weighted by molar-refractivity contribution is -0.120. The number of hydrogen-bond donors (Lipinski definition) is 1. The van der Waals surface area contributed by atoms with E-state index in [1.807, 2.05) is 24.3 Å². The summed E-state index contributed by atoms with van der Waals surface area (Å²) in [7, 11) is 1.57. The van der Waals surface area contributed by atoms with Gasteiger partial charge < -0.3 is 19.1 Å². The molecular weight excluding hydrogens is 438 g/mol. The highest BCUT2D eigenvalue weighted by atomic mass is 79.9. The zero-order valence-electron chi connectivity index (χ0n) is 16.4. The minimum atomic E-state index is -0.562. The Balaban J connectivity index is 1.87. The maximum Gasteiger partial charge on any atom is 0.302 e. The van der Waals surface area contributed by atoms with E-state index >= 15 is 0 Å². The summed E-state index contributed by atoms with van der Waals surface area (Å²) in [6, 6.07) is 12.7. The molecule has 0 saturated carbocycles. The first-order valence-electron chi connectivity index (χ1n) is 9.11. The number of methoxy groups -OCH3 is 1. The van der Waals surface area contributed by atoms with E-state index in [4.69, 9.17) is 9.47 Å². The number of nitrogens with zero attached hydrogens (tertiary/aromatic N) is 3. The molecule has 3 rings (SSSR count). The SMILES string of the molecule is COc1ccc2c(c1)c(N=NC(=O)COc1ccccc1Br)c(O)n2CC(C)C. The average molecular weight is 460 g/mol. The van der Waals surface area contributed by atoms with Crippen LogP contribution in [0.4, 0.5) is 5.69 Å². The van der Waals surface area contributed by atoms with Crippen molar-refractivity contribution < 1.29 is 19.4 Å². The smallest absolute Gasteiger partial charge is 0.302 e. The van der Waals surface area contributed by atoms with Crippen molar-refractivity contribution in [3.63, 3.8) is 0 Å². The van der Waals surface area contributed by atoms with Gasteiger partial charge in [-0.1, -0.05) is 26.0 Å². The van der Waals surface area contributed by atoms with Crippen molar-refractivity contribution in [2.45, 2.75) is 20.4 Å². The van der Waals surface area contributed by atoms with E-state index in [0.717, 1.165) is 9.99 Å². The lowest BCUT2D eigenvalue weighted by atomic mass is 10.2. The van der Waals surface area contributed by atoms with Crippen molar-refractivity contribution in [3.8, 4) is 17.4 Å². The summed E-state index contributed by atoms with van der Waals surface area (Å²) in [5, 5.41) is 19.1. The van der Waals surface area contributed by atoms with Gasteiger partial charge in [0.15, 0.2) is 12.3 Å². The summed E-state index contributed by atoms with van der Waals surface area (Å²) in [6.07, 6.45) is 0. The van der Waals surface area contributed by atoms with Crippen LogP contribution in [0, 0.1) is 5.92 Å². The highest BCUT2D eigenvalue weighted by molar-refractivity contribution is 9.10. The molecule has 3 aromatic rings. The summed E-state index contributed by atoms with van der Waals surface area (Å²) in [5.74, 6) is 0.872. The lowest BCUT2D eigenvalue weighted by Crippen LogP contribution is -2.08. The number of amides is 1. The van der Waals surface area contributed by atoms with E-state index in [1.165, 1.54) is 0 Å². The average Bonchev–Trinajstić information content (AvgIpc) is 2.95. The van der Waals surface area contributed by atoms with E-state index in [0.29, 0.717) is 29.3 Å². The Morgan fingerprint density at radius 2 is 2.00 bits per heavy atom. The summed E-state index contributed by atoms with van der Waals surface area (Å²) in [4.78, 5) is 12.1. The molecule has 0 bridgehead atoms. The maximum absolute atomic E-state index is 12.1. The van der Waals surface area contributed by atoms with Gasteiger partial charge >= 0.3 is 5.91 Å². The van der Waals surface area contributed by atoms with Gasteiger partial charge in [0.25, 0.3) is 0 Å². The Hall–Kier alpha value is -2.87. The number of hydrogen-bond acceptors (Lipinski definition) is 5. The Morgan fingerprint density at radius 1 is 1.24 bits per heavy atom. The van der Waals surface area contributed by atoms with Crippen LogP contribution in [-0.4, -0.2) is 29.3 Å². The molecule has 0 aliphatic rings. The molecule has 1 aromatic heterocycles. The van der Waals surface area contributed by atoms with Crippen LogP contribution in [0.2, 0.25) is 0 Å². The third kappa shape index (κ3) is 4.76. The minimum absolute atomic E-state index is 0.0368. The van der Waals surface area contributed by atoms with Crippen molar-refractivity contribution in [1.82, 2.24) is 4.57 Å². The van der Waals surface area contributed by atoms with E-state index in [9.17, 15) is 9.90 Å². The number of fused-ring (bicyclic) bond motifs is 1. The van der Waals surface area contributed by atoms with Crippen molar-refractivity contribution in [2.75, 3.05) is 13.7 Å². The molecule has 0 radical (unpaired) electrons. The van der Waals surface area contributed by atoms with Gasteiger partial charge in [0.2, 0.25) is 5.88 Å². The number of carbonyl (C=O) groups excluding carboxylic acids is 1. The molecule has 29 heavy (non-hydrogen) atoms. The second-order valence-corrected chi connectivity index (χ2v) is 7.73. The predicted octanol–water partition coefficient (Wildman–Crippen LogP) is 5.46. The largest absolute Gasteiger partial charge is 0.497 e. The monoisotopic (exact) mass is 459 g/mol. The summed E-state index contributed by atoms with van der Waals surface area (Å²) < 4.78 is 13.2. The summed E-state index contributed by atoms with van der Waals surface area (Å²) in [6.45, 7) is 4.45. The number of aromatic nitrogens is 1. The fraction of sp³-hybridized carbons (Fsp3) is 0.286. The van der Waals surface area contributed by atoms with E-state index < -0.39 is 5.91 Å². The molecule has 0 spiro atoms. The molecule has 0 aliphatic carbocycles. The van der Waals surface area contributed by atoms with Gasteiger partial charge in [0.05, 0.1) is 17.1 Å². The standard InChI is InChI=1S/C21H22BrN3O4/c1-13(2)11-25-17-9-8-14(28-3)10-15(17)20(21(25)27)24-23-19(26)12-29-18-7-5-4-6-16(18)22/h4-10,13,27H,11-12H2,1-3H3. The first-order valence-corrected chi connectivity index (χ1v) is 9.91. The minimum Gasteiger partial charge on any atom is -0.497 e. The highest BCUT2D eigenvalue weighted by Crippen LogP contribution is 2.40. The zero-order chi connectivity index (χ0) is 21.0. The van der Waals surface area contributed by atoms with Gasteiger partial charge in [0.1, 0.15) is 11.5 Å². The summed E-state index contributed by atoms with van der Waals surface area (Å²) in [5.41, 5.74) is 1.02. The van der Waals surface area contributed by atoms with Gasteiger partial charge in [-0.05, 0) is 52.2 Å². The van der Waals surface area contributed by atoms with Gasteiger partial charge in [-0.15, -0.1) is 10.2 Å². The maximum atomic E-state index is 12.1. The molecule has 1 N–H and O–H groups in total. The highest BCUT2D eigenvalue weighted by Gasteiger charge is 2.18. The zero-order valence-corrected chi connectivity index (χ0v) is 18.0. The Kier molecular flexibility index (Phi) is 6.53. The molecule has 1 heterocycles. The van der Waals surface area contributed by atoms with Crippen LogP contribution in [0.3, 0.4) is 0 Å². The fourth-order valence-electron chi connectivity index (χ4n) is 2.91. The molecule has 0 aliphatic heterocycles. The van der Waals surface area contributed by atoms with Crippen LogP contribution < -0.4 is 9.47 Å². The normalized spacial score (nSPS) is 11.5. The number of carbonyl (C=O) groups is 1. The third-order valence-electron chi connectivity index (χ3n) is 4.21. The molecule has 7 nitrogen and oxygen atoms in total. The topological polar surface area (TPSA) is 85.4 Å². The lowest BCUT2D eigenvalue weighted by Gasteiger charge is -2.09. The number of benzene rings is 2. The first kappa shape index (κ1) is 20.9. The van der Waals surface area contributed by atoms with Crippen LogP contribution in [0.15, 0.2) is 57.2 Å². The molecule has 0 saturated heterocycles. The van der Waals surface area contributed by atoms with Gasteiger partial charge in [0, 0.05) is 11.9 Å². The predicted molar refractivity (Wildman–Crippen MR) is 114 cm³/mol. The van der Waals surface area contributed by atoms with Crippen molar-refractivity contribution in [1.29, 1.82) is 0 Å². The van der Waals surface area contributed by atoms with Crippen LogP contribution >= 0.6 is 15.9 Å².